The van der Waals surface area contributed by atoms with E-state index in [9.17, 15) is 4.79 Å². The summed E-state index contributed by atoms with van der Waals surface area (Å²) in [6, 6.07) is 17.4. The number of aromatic nitrogens is 2. The zero-order chi connectivity index (χ0) is 17.1. The molecule has 0 N–H and O–H groups in total. The molecule has 1 aromatic heterocycles. The number of ether oxygens (including phenoxy) is 1. The number of nitrogens with zero attached hydrogens (tertiary/aromatic N) is 2. The highest BCUT2D eigenvalue weighted by atomic mass is 35.5. The van der Waals surface area contributed by atoms with Gasteiger partial charge in [0.1, 0.15) is 0 Å². The number of aryl methyl sites for hydroxylation is 1. The number of benzene rings is 2. The minimum Gasteiger partial charge on any atom is -0.464 e. The van der Waals surface area contributed by atoms with Gasteiger partial charge in [0, 0.05) is 17.1 Å². The predicted molar refractivity (Wildman–Crippen MR) is 93.9 cm³/mol. The molecule has 0 spiro atoms. The normalized spacial score (nSPS) is 10.6. The summed E-state index contributed by atoms with van der Waals surface area (Å²) in [5, 5.41) is 5.05. The largest absolute Gasteiger partial charge is 0.464 e. The number of rotatable bonds is 4. The Balaban J connectivity index is 2.02. The molecule has 0 unspecified atom stereocenters. The maximum Gasteiger partial charge on any atom is 0.358 e. The Morgan fingerprint density at radius 2 is 1.79 bits per heavy atom. The van der Waals surface area contributed by atoms with Crippen molar-refractivity contribution in [3.05, 3.63) is 82.1 Å². The second kappa shape index (κ2) is 6.89. The topological polar surface area (TPSA) is 44.1 Å². The minimum absolute atomic E-state index is 0.287. The van der Waals surface area contributed by atoms with Crippen LogP contribution in [-0.4, -0.2) is 22.9 Å². The predicted octanol–water partition coefficient (Wildman–Crippen LogP) is 4.21. The molecule has 0 aliphatic rings. The van der Waals surface area contributed by atoms with Gasteiger partial charge >= 0.3 is 5.97 Å². The van der Waals surface area contributed by atoms with Gasteiger partial charge in [0.25, 0.3) is 0 Å². The molecular weight excluding hydrogens is 324 g/mol. The molecule has 0 radical (unpaired) electrons. The highest BCUT2D eigenvalue weighted by molar-refractivity contribution is 6.30. The van der Waals surface area contributed by atoms with Gasteiger partial charge < -0.3 is 4.74 Å². The lowest BCUT2D eigenvalue weighted by Crippen LogP contribution is -2.05. The number of halogens is 1. The van der Waals surface area contributed by atoms with Crippen molar-refractivity contribution in [1.82, 2.24) is 9.78 Å². The fraction of sp³-hybridized carbons (Fsp3) is 0.158. The van der Waals surface area contributed by atoms with Crippen LogP contribution in [0.2, 0.25) is 5.02 Å². The molecule has 24 heavy (non-hydrogen) atoms. The van der Waals surface area contributed by atoms with Gasteiger partial charge in [0.15, 0.2) is 5.69 Å². The van der Waals surface area contributed by atoms with Crippen molar-refractivity contribution in [2.75, 3.05) is 7.11 Å². The third kappa shape index (κ3) is 3.49. The molecule has 0 atom stereocenters. The van der Waals surface area contributed by atoms with Crippen molar-refractivity contribution in [2.24, 2.45) is 0 Å². The van der Waals surface area contributed by atoms with Crippen LogP contribution in [-0.2, 0) is 11.2 Å². The molecule has 4 nitrogen and oxygen atoms in total. The van der Waals surface area contributed by atoms with Crippen molar-refractivity contribution in [1.29, 1.82) is 0 Å². The third-order valence-corrected chi connectivity index (χ3v) is 4.01. The molecule has 1 heterocycles. The molecule has 0 aliphatic carbocycles. The molecule has 122 valence electrons. The SMILES string of the molecule is COC(=O)c1cc(Cc2ccc(C)cc2)n(-c2ccc(Cl)cc2)n1. The summed E-state index contributed by atoms with van der Waals surface area (Å²) >= 11 is 5.96. The van der Waals surface area contributed by atoms with Gasteiger partial charge in [-0.1, -0.05) is 41.4 Å². The maximum absolute atomic E-state index is 11.8. The fourth-order valence-corrected chi connectivity index (χ4v) is 2.60. The Labute approximate surface area is 145 Å². The van der Waals surface area contributed by atoms with Crippen LogP contribution >= 0.6 is 11.6 Å². The van der Waals surface area contributed by atoms with Crippen LogP contribution in [0, 0.1) is 6.92 Å². The number of carbonyl (C=O) groups is 1. The van der Waals surface area contributed by atoms with Gasteiger partial charge in [-0.15, -0.1) is 0 Å². The first-order chi connectivity index (χ1) is 11.6. The zero-order valence-corrected chi connectivity index (χ0v) is 14.2. The van der Waals surface area contributed by atoms with Crippen LogP contribution in [0.5, 0.6) is 0 Å². The van der Waals surface area contributed by atoms with Gasteiger partial charge in [-0.05, 0) is 42.8 Å². The standard InChI is InChI=1S/C19H17ClN2O2/c1-13-3-5-14(6-4-13)11-17-12-18(19(23)24-2)21-22(17)16-9-7-15(20)8-10-16/h3-10,12H,11H2,1-2H3. The molecule has 3 rings (SSSR count). The van der Waals surface area contributed by atoms with Crippen LogP contribution < -0.4 is 0 Å². The highest BCUT2D eigenvalue weighted by Gasteiger charge is 2.16. The summed E-state index contributed by atoms with van der Waals surface area (Å²) in [7, 11) is 1.35. The lowest BCUT2D eigenvalue weighted by atomic mass is 10.1. The van der Waals surface area contributed by atoms with Gasteiger partial charge in [0.05, 0.1) is 12.8 Å². The zero-order valence-electron chi connectivity index (χ0n) is 13.5. The average molecular weight is 341 g/mol. The smallest absolute Gasteiger partial charge is 0.358 e. The molecule has 0 fully saturated rings. The summed E-state index contributed by atoms with van der Waals surface area (Å²) in [5.74, 6) is -0.451. The van der Waals surface area contributed by atoms with Crippen molar-refractivity contribution in [2.45, 2.75) is 13.3 Å². The Morgan fingerprint density at radius 3 is 2.42 bits per heavy atom. The molecule has 2 aromatic carbocycles. The van der Waals surface area contributed by atoms with Gasteiger partial charge in [-0.25, -0.2) is 9.48 Å². The molecule has 0 aliphatic heterocycles. The van der Waals surface area contributed by atoms with E-state index in [0.717, 1.165) is 16.9 Å². The van der Waals surface area contributed by atoms with E-state index >= 15 is 0 Å². The van der Waals surface area contributed by atoms with E-state index in [0.29, 0.717) is 11.4 Å². The van der Waals surface area contributed by atoms with E-state index in [4.69, 9.17) is 16.3 Å². The van der Waals surface area contributed by atoms with Crippen molar-refractivity contribution in [3.8, 4) is 5.69 Å². The summed E-state index contributed by atoms with van der Waals surface area (Å²) in [4.78, 5) is 11.8. The molecule has 3 aromatic rings. The van der Waals surface area contributed by atoms with E-state index < -0.39 is 5.97 Å². The molecule has 5 heteroatoms. The number of methoxy groups -OCH3 is 1. The highest BCUT2D eigenvalue weighted by Crippen LogP contribution is 2.19. The molecular formula is C19H17ClN2O2. The van der Waals surface area contributed by atoms with Crippen molar-refractivity contribution < 1.29 is 9.53 Å². The average Bonchev–Trinajstić information content (AvgIpc) is 3.01. The Hall–Kier alpha value is -2.59. The Bertz CT molecular complexity index is 852. The van der Waals surface area contributed by atoms with Gasteiger partial charge in [-0.2, -0.15) is 5.10 Å². The molecule has 0 saturated carbocycles. The lowest BCUT2D eigenvalue weighted by Gasteiger charge is -2.08. The summed E-state index contributed by atoms with van der Waals surface area (Å²) < 4.78 is 6.54. The van der Waals surface area contributed by atoms with E-state index in [1.807, 2.05) is 12.1 Å². The monoisotopic (exact) mass is 340 g/mol. The second-order valence-electron chi connectivity index (χ2n) is 5.56. The van der Waals surface area contributed by atoms with Gasteiger partial charge in [-0.3, -0.25) is 0 Å². The number of carbonyl (C=O) groups excluding carboxylic acids is 1. The number of esters is 1. The quantitative estimate of drug-likeness (QED) is 0.668. The lowest BCUT2D eigenvalue weighted by molar-refractivity contribution is 0.0593. The van der Waals surface area contributed by atoms with E-state index in [2.05, 4.69) is 36.3 Å². The van der Waals surface area contributed by atoms with Crippen molar-refractivity contribution in [3.63, 3.8) is 0 Å². The fourth-order valence-electron chi connectivity index (χ4n) is 2.47. The van der Waals surface area contributed by atoms with Crippen LogP contribution in [0.1, 0.15) is 27.3 Å². The van der Waals surface area contributed by atoms with E-state index in [-0.39, 0.29) is 5.69 Å². The first-order valence-electron chi connectivity index (χ1n) is 7.55. The Morgan fingerprint density at radius 1 is 1.12 bits per heavy atom. The summed E-state index contributed by atoms with van der Waals surface area (Å²) in [5.41, 5.74) is 4.39. The van der Waals surface area contributed by atoms with Crippen LogP contribution in [0.4, 0.5) is 0 Å². The Kier molecular flexibility index (Phi) is 4.67. The summed E-state index contributed by atoms with van der Waals surface area (Å²) in [6.45, 7) is 2.05. The van der Waals surface area contributed by atoms with Crippen LogP contribution in [0.15, 0.2) is 54.6 Å². The van der Waals surface area contributed by atoms with Crippen molar-refractivity contribution >= 4 is 17.6 Å². The summed E-state index contributed by atoms with van der Waals surface area (Å²) in [6.07, 6.45) is 0.660. The molecule has 0 saturated heterocycles. The second-order valence-corrected chi connectivity index (χ2v) is 6.00. The number of hydrogen-bond donors (Lipinski definition) is 0. The maximum atomic E-state index is 11.8. The molecule has 0 amide bonds. The van der Waals surface area contributed by atoms with E-state index in [1.54, 1.807) is 22.9 Å². The van der Waals surface area contributed by atoms with Crippen LogP contribution in [0.3, 0.4) is 0 Å². The van der Waals surface area contributed by atoms with Crippen LogP contribution in [0.25, 0.3) is 5.69 Å². The van der Waals surface area contributed by atoms with Gasteiger partial charge in [0.2, 0.25) is 0 Å². The minimum atomic E-state index is -0.451. The third-order valence-electron chi connectivity index (χ3n) is 3.75. The first kappa shape index (κ1) is 16.3. The number of hydrogen-bond acceptors (Lipinski definition) is 3. The molecule has 0 bridgehead atoms. The van der Waals surface area contributed by atoms with E-state index in [1.165, 1.54) is 12.7 Å². The first-order valence-corrected chi connectivity index (χ1v) is 7.93.